The molecule has 1 aliphatic rings. The maximum Gasteiger partial charge on any atom is 0.435 e. The van der Waals surface area contributed by atoms with Gasteiger partial charge in [-0.2, -0.15) is 18.3 Å². The van der Waals surface area contributed by atoms with Crippen molar-refractivity contribution in [3.05, 3.63) is 17.5 Å². The summed E-state index contributed by atoms with van der Waals surface area (Å²) >= 11 is 0. The molecule has 0 aromatic carbocycles. The van der Waals surface area contributed by atoms with Crippen LogP contribution in [-0.2, 0) is 29.6 Å². The van der Waals surface area contributed by atoms with Crippen molar-refractivity contribution < 1.29 is 21.6 Å². The highest BCUT2D eigenvalue weighted by molar-refractivity contribution is 7.92. The molecule has 1 fully saturated rings. The van der Waals surface area contributed by atoms with E-state index in [4.69, 9.17) is 0 Å². The second kappa shape index (κ2) is 7.09. The Kier molecular flexibility index (Phi) is 5.60. The molecule has 7 nitrogen and oxygen atoms in total. The van der Waals surface area contributed by atoms with Crippen molar-refractivity contribution in [2.75, 3.05) is 25.4 Å². The molecule has 2 rings (SSSR count). The molecular weight excluding hydrogens is 371 g/mol. The van der Waals surface area contributed by atoms with Crippen LogP contribution in [0.1, 0.15) is 32.0 Å². The lowest BCUT2D eigenvalue weighted by molar-refractivity contribution is -0.142. The Labute approximate surface area is 151 Å². The van der Waals surface area contributed by atoms with Gasteiger partial charge in [-0.15, -0.1) is 0 Å². The zero-order valence-corrected chi connectivity index (χ0v) is 16.1. The van der Waals surface area contributed by atoms with Crippen molar-refractivity contribution in [2.24, 2.45) is 12.0 Å². The number of rotatable bonds is 3. The van der Waals surface area contributed by atoms with Crippen LogP contribution in [0.2, 0.25) is 0 Å². The number of guanidine groups is 1. The Morgan fingerprint density at radius 3 is 2.62 bits per heavy atom. The van der Waals surface area contributed by atoms with Gasteiger partial charge < -0.3 is 10.2 Å². The van der Waals surface area contributed by atoms with E-state index < -0.39 is 26.5 Å². The predicted molar refractivity (Wildman–Crippen MR) is 92.5 cm³/mol. The number of aryl methyl sites for hydroxylation is 1. The molecular formula is C15H24F3N5O2S. The average Bonchev–Trinajstić information content (AvgIpc) is 2.88. The highest BCUT2D eigenvalue weighted by Crippen LogP contribution is 2.31. The SMILES string of the molecule is CCNC(=NCc1cn(C)nc1C(F)(F)F)N1CCS(=O)(=O)C(C)(C)C1. The minimum atomic E-state index is -4.55. The lowest BCUT2D eigenvalue weighted by atomic mass is 10.2. The maximum atomic E-state index is 13.1. The average molecular weight is 395 g/mol. The predicted octanol–water partition coefficient (Wildman–Crippen LogP) is 1.41. The first-order valence-electron chi connectivity index (χ1n) is 8.22. The van der Waals surface area contributed by atoms with E-state index in [0.29, 0.717) is 12.5 Å². The second-order valence-corrected chi connectivity index (χ2v) is 9.59. The Bertz CT molecular complexity index is 784. The molecule has 11 heteroatoms. The van der Waals surface area contributed by atoms with E-state index in [1.165, 1.54) is 13.2 Å². The molecule has 0 atom stereocenters. The number of aromatic nitrogens is 2. The first kappa shape index (κ1) is 20.5. The normalized spacial score (nSPS) is 20.3. The maximum absolute atomic E-state index is 13.1. The smallest absolute Gasteiger partial charge is 0.357 e. The minimum Gasteiger partial charge on any atom is -0.357 e. The lowest BCUT2D eigenvalue weighted by Gasteiger charge is -2.39. The second-order valence-electron chi connectivity index (χ2n) is 6.84. The number of aliphatic imine (C=N–C) groups is 1. The van der Waals surface area contributed by atoms with Gasteiger partial charge in [0, 0.05) is 38.4 Å². The number of halogens is 3. The Balaban J connectivity index is 2.26. The van der Waals surface area contributed by atoms with Gasteiger partial charge >= 0.3 is 6.18 Å². The molecule has 148 valence electrons. The third-order valence-electron chi connectivity index (χ3n) is 4.25. The van der Waals surface area contributed by atoms with E-state index in [1.807, 2.05) is 6.92 Å². The fraction of sp³-hybridized carbons (Fsp3) is 0.733. The molecule has 0 saturated carbocycles. The molecule has 26 heavy (non-hydrogen) atoms. The van der Waals surface area contributed by atoms with Crippen LogP contribution in [0.3, 0.4) is 0 Å². The number of nitrogens with zero attached hydrogens (tertiary/aromatic N) is 4. The molecule has 1 aliphatic heterocycles. The fourth-order valence-electron chi connectivity index (χ4n) is 2.80. The highest BCUT2D eigenvalue weighted by atomic mass is 32.2. The molecule has 0 amide bonds. The molecule has 0 spiro atoms. The summed E-state index contributed by atoms with van der Waals surface area (Å²) in [6.45, 7) is 5.90. The molecule has 1 saturated heterocycles. The minimum absolute atomic E-state index is 0.0227. The molecule has 1 aromatic heterocycles. The summed E-state index contributed by atoms with van der Waals surface area (Å²) in [5.74, 6) is 0.373. The largest absolute Gasteiger partial charge is 0.435 e. The van der Waals surface area contributed by atoms with Gasteiger partial charge in [-0.1, -0.05) is 0 Å². The van der Waals surface area contributed by atoms with Gasteiger partial charge in [0.1, 0.15) is 0 Å². The highest BCUT2D eigenvalue weighted by Gasteiger charge is 2.41. The summed E-state index contributed by atoms with van der Waals surface area (Å²) < 4.78 is 63.6. The summed E-state index contributed by atoms with van der Waals surface area (Å²) in [5, 5.41) is 6.49. The summed E-state index contributed by atoms with van der Waals surface area (Å²) in [7, 11) is -1.80. The van der Waals surface area contributed by atoms with Crippen LogP contribution < -0.4 is 5.32 Å². The van der Waals surface area contributed by atoms with Gasteiger partial charge in [0.25, 0.3) is 0 Å². The summed E-state index contributed by atoms with van der Waals surface area (Å²) in [6.07, 6.45) is -3.26. The van der Waals surface area contributed by atoms with E-state index in [-0.39, 0.29) is 31.0 Å². The summed E-state index contributed by atoms with van der Waals surface area (Å²) in [5.41, 5.74) is -0.986. The van der Waals surface area contributed by atoms with Gasteiger partial charge in [0.05, 0.1) is 17.0 Å². The number of sulfone groups is 1. The first-order valence-corrected chi connectivity index (χ1v) is 9.88. The quantitative estimate of drug-likeness (QED) is 0.619. The van der Waals surface area contributed by atoms with Crippen molar-refractivity contribution in [2.45, 2.75) is 38.2 Å². The zero-order chi connectivity index (χ0) is 19.8. The number of hydrogen-bond donors (Lipinski definition) is 1. The van der Waals surface area contributed by atoms with Crippen LogP contribution in [0.4, 0.5) is 13.2 Å². The fourth-order valence-corrected chi connectivity index (χ4v) is 4.17. The molecule has 2 heterocycles. The summed E-state index contributed by atoms with van der Waals surface area (Å²) in [4.78, 5) is 6.06. The van der Waals surface area contributed by atoms with Crippen molar-refractivity contribution in [3.8, 4) is 0 Å². The number of hydrogen-bond acceptors (Lipinski definition) is 4. The van der Waals surface area contributed by atoms with E-state index in [2.05, 4.69) is 15.4 Å². The lowest BCUT2D eigenvalue weighted by Crippen LogP contribution is -2.57. The molecule has 1 N–H and O–H groups in total. The Hall–Kier alpha value is -1.78. The van der Waals surface area contributed by atoms with Crippen molar-refractivity contribution in [1.29, 1.82) is 0 Å². The van der Waals surface area contributed by atoms with Crippen molar-refractivity contribution in [1.82, 2.24) is 20.0 Å². The van der Waals surface area contributed by atoms with E-state index >= 15 is 0 Å². The Morgan fingerprint density at radius 2 is 2.08 bits per heavy atom. The molecule has 0 bridgehead atoms. The van der Waals surface area contributed by atoms with Crippen LogP contribution in [0, 0.1) is 0 Å². The molecule has 0 aliphatic carbocycles. The van der Waals surface area contributed by atoms with Gasteiger partial charge in [-0.3, -0.25) is 4.68 Å². The summed E-state index contributed by atoms with van der Waals surface area (Å²) in [6, 6.07) is 0. The van der Waals surface area contributed by atoms with Gasteiger partial charge in [0.2, 0.25) is 0 Å². The van der Waals surface area contributed by atoms with E-state index in [1.54, 1.807) is 18.7 Å². The third-order valence-corrected chi connectivity index (χ3v) is 6.78. The van der Waals surface area contributed by atoms with E-state index in [0.717, 1.165) is 4.68 Å². The van der Waals surface area contributed by atoms with Crippen LogP contribution in [-0.4, -0.2) is 59.2 Å². The van der Waals surface area contributed by atoms with Crippen LogP contribution in [0.15, 0.2) is 11.2 Å². The topological polar surface area (TPSA) is 79.6 Å². The monoisotopic (exact) mass is 395 g/mol. The van der Waals surface area contributed by atoms with E-state index in [9.17, 15) is 21.6 Å². The zero-order valence-electron chi connectivity index (χ0n) is 15.3. The van der Waals surface area contributed by atoms with Crippen LogP contribution >= 0.6 is 0 Å². The number of nitrogens with one attached hydrogen (secondary N) is 1. The van der Waals surface area contributed by atoms with Crippen molar-refractivity contribution in [3.63, 3.8) is 0 Å². The molecule has 0 unspecified atom stereocenters. The number of alkyl halides is 3. The van der Waals surface area contributed by atoms with Gasteiger partial charge in [0.15, 0.2) is 21.5 Å². The molecule has 0 radical (unpaired) electrons. The van der Waals surface area contributed by atoms with Crippen molar-refractivity contribution >= 4 is 15.8 Å². The Morgan fingerprint density at radius 1 is 1.42 bits per heavy atom. The standard InChI is InChI=1S/C15H24F3N5O2S/c1-5-19-13(23-6-7-26(24,25)14(2,3)10-23)20-8-11-9-22(4)21-12(11)15(16,17)18/h9H,5-8,10H2,1-4H3,(H,19,20). The molecule has 1 aromatic rings. The van der Waals surface area contributed by atoms with Crippen LogP contribution in [0.5, 0.6) is 0 Å². The third kappa shape index (κ3) is 4.30. The van der Waals surface area contributed by atoms with Gasteiger partial charge in [-0.05, 0) is 20.8 Å². The first-order chi connectivity index (χ1) is 11.9. The van der Waals surface area contributed by atoms with Gasteiger partial charge in [-0.25, -0.2) is 13.4 Å². The van der Waals surface area contributed by atoms with Crippen LogP contribution in [0.25, 0.3) is 0 Å².